The molecular formula is C38H40N4O7. The molecule has 4 N–H and O–H groups in total. The zero-order chi connectivity index (χ0) is 34.8. The van der Waals surface area contributed by atoms with Gasteiger partial charge in [-0.15, -0.1) is 6.58 Å². The van der Waals surface area contributed by atoms with Crippen molar-refractivity contribution in [3.63, 3.8) is 0 Å². The van der Waals surface area contributed by atoms with Gasteiger partial charge in [-0.2, -0.15) is 5.10 Å². The van der Waals surface area contributed by atoms with E-state index in [9.17, 15) is 14.7 Å². The molecule has 254 valence electrons. The third-order valence-corrected chi connectivity index (χ3v) is 7.82. The lowest BCUT2D eigenvalue weighted by Crippen LogP contribution is -2.45. The van der Waals surface area contributed by atoms with Gasteiger partial charge in [-0.25, -0.2) is 9.59 Å². The van der Waals surface area contributed by atoms with E-state index >= 15 is 0 Å². The second-order valence-corrected chi connectivity index (χ2v) is 11.2. The predicted molar refractivity (Wildman–Crippen MR) is 188 cm³/mol. The van der Waals surface area contributed by atoms with Crippen LogP contribution in [0.1, 0.15) is 42.1 Å². The van der Waals surface area contributed by atoms with Gasteiger partial charge in [0.05, 0.1) is 31.5 Å². The summed E-state index contributed by atoms with van der Waals surface area (Å²) in [7, 11) is 1.28. The van der Waals surface area contributed by atoms with E-state index in [0.29, 0.717) is 42.4 Å². The molecule has 0 aliphatic carbocycles. The summed E-state index contributed by atoms with van der Waals surface area (Å²) in [6.45, 7) is 7.96. The van der Waals surface area contributed by atoms with Crippen molar-refractivity contribution in [3.8, 4) is 17.2 Å². The Morgan fingerprint density at radius 3 is 2.59 bits per heavy atom. The lowest BCUT2D eigenvalue weighted by molar-refractivity contribution is -0.136. The molecule has 0 saturated carbocycles. The maximum atomic E-state index is 12.5. The van der Waals surface area contributed by atoms with Crippen molar-refractivity contribution in [2.45, 2.75) is 39.1 Å². The highest BCUT2D eigenvalue weighted by Gasteiger charge is 2.32. The highest BCUT2D eigenvalue weighted by molar-refractivity contribution is 5.95. The number of nitrogens with zero attached hydrogens (tertiary/aromatic N) is 1. The molecule has 0 unspecified atom stereocenters. The van der Waals surface area contributed by atoms with Crippen molar-refractivity contribution in [3.05, 3.63) is 125 Å². The van der Waals surface area contributed by atoms with Crippen LogP contribution in [0.2, 0.25) is 0 Å². The Morgan fingerprint density at radius 2 is 1.80 bits per heavy atom. The van der Waals surface area contributed by atoms with Crippen LogP contribution < -0.4 is 30.3 Å². The van der Waals surface area contributed by atoms with Crippen LogP contribution in [0.3, 0.4) is 0 Å². The number of amides is 2. The van der Waals surface area contributed by atoms with Crippen LogP contribution in [0.5, 0.6) is 17.2 Å². The SMILES string of the molecule is C=CCc1cc(/C=N\N[C@@H](O)COc2ccc([C@H]3NC(=O)NC(C)=C3C(=O)OC)cc2OCC)ccc1OCc1cccc2ccccc12. The molecule has 2 amide bonds. The summed E-state index contributed by atoms with van der Waals surface area (Å²) in [5.41, 5.74) is 6.81. The first-order valence-electron chi connectivity index (χ1n) is 15.9. The minimum Gasteiger partial charge on any atom is -0.490 e. The van der Waals surface area contributed by atoms with Crippen LogP contribution in [0.25, 0.3) is 10.8 Å². The second-order valence-electron chi connectivity index (χ2n) is 11.2. The van der Waals surface area contributed by atoms with E-state index in [1.165, 1.54) is 12.5 Å². The molecular weight excluding hydrogens is 624 g/mol. The smallest absolute Gasteiger partial charge is 0.337 e. The Balaban J connectivity index is 1.20. The topological polar surface area (TPSA) is 140 Å². The highest BCUT2D eigenvalue weighted by atomic mass is 16.5. The predicted octanol–water partition coefficient (Wildman–Crippen LogP) is 5.67. The molecule has 0 saturated heterocycles. The van der Waals surface area contributed by atoms with Crippen LogP contribution in [-0.2, 0) is 22.6 Å². The molecule has 1 heterocycles. The molecule has 4 aromatic carbocycles. The number of esters is 1. The Kier molecular flexibility index (Phi) is 11.5. The first-order valence-corrected chi connectivity index (χ1v) is 15.9. The summed E-state index contributed by atoms with van der Waals surface area (Å²) in [6, 6.07) is 24.0. The number of ether oxygens (including phenoxy) is 4. The van der Waals surface area contributed by atoms with Gasteiger partial charge in [0, 0.05) is 5.70 Å². The van der Waals surface area contributed by atoms with Crippen molar-refractivity contribution in [1.29, 1.82) is 0 Å². The molecule has 5 rings (SSSR count). The number of fused-ring (bicyclic) bond motifs is 1. The molecule has 0 aromatic heterocycles. The van der Waals surface area contributed by atoms with Crippen molar-refractivity contribution in [2.24, 2.45) is 5.10 Å². The van der Waals surface area contributed by atoms with E-state index in [1.807, 2.05) is 49.4 Å². The number of hydrazone groups is 1. The molecule has 0 radical (unpaired) electrons. The molecule has 1 aliphatic rings. The van der Waals surface area contributed by atoms with Gasteiger partial charge >= 0.3 is 12.0 Å². The Hall–Kier alpha value is -5.81. The Morgan fingerprint density at radius 1 is 1.00 bits per heavy atom. The van der Waals surface area contributed by atoms with Gasteiger partial charge in [0.2, 0.25) is 0 Å². The standard InChI is InChI=1S/C38H40N4O7/c1-5-10-27-19-25(15-17-31(27)48-22-29-13-9-12-26-11-7-8-14-30(26)29)21-39-42-34(43)23-49-32-18-16-28(20-33(32)47-6-2)36-35(37(44)46-4)24(3)40-38(45)41-36/h5,7-9,11-21,34,36,42-43H,1,6,10,22-23H2,2-4H3,(H2,40,41,45)/b39-21-/t34-,36+/m0/s1. The number of rotatable bonds is 15. The third-order valence-electron chi connectivity index (χ3n) is 7.82. The molecule has 1 aliphatic heterocycles. The highest BCUT2D eigenvalue weighted by Crippen LogP contribution is 2.35. The minimum absolute atomic E-state index is 0.143. The maximum absolute atomic E-state index is 12.5. The second kappa shape index (κ2) is 16.3. The summed E-state index contributed by atoms with van der Waals surface area (Å²) >= 11 is 0. The minimum atomic E-state index is -1.14. The first-order chi connectivity index (χ1) is 23.8. The number of aliphatic hydroxyl groups is 1. The molecule has 49 heavy (non-hydrogen) atoms. The zero-order valence-electron chi connectivity index (χ0n) is 27.7. The fourth-order valence-electron chi connectivity index (χ4n) is 5.53. The largest absolute Gasteiger partial charge is 0.490 e. The molecule has 0 spiro atoms. The lowest BCUT2D eigenvalue weighted by Gasteiger charge is -2.28. The number of carbonyl (C=O) groups excluding carboxylic acids is 2. The Labute approximate surface area is 285 Å². The summed E-state index contributed by atoms with van der Waals surface area (Å²) in [6.07, 6.45) is 2.90. The number of nitrogens with one attached hydrogen (secondary N) is 3. The lowest BCUT2D eigenvalue weighted by atomic mass is 9.95. The van der Waals surface area contributed by atoms with Gasteiger partial charge < -0.3 is 34.7 Å². The number of methoxy groups -OCH3 is 1. The van der Waals surface area contributed by atoms with Crippen LogP contribution in [0.15, 0.2) is 108 Å². The van der Waals surface area contributed by atoms with Gasteiger partial charge in [-0.05, 0) is 83.6 Å². The average Bonchev–Trinajstić information content (AvgIpc) is 3.10. The van der Waals surface area contributed by atoms with Crippen molar-refractivity contribution in [2.75, 3.05) is 20.3 Å². The summed E-state index contributed by atoms with van der Waals surface area (Å²) in [4.78, 5) is 24.7. The Bertz CT molecular complexity index is 1880. The van der Waals surface area contributed by atoms with Crippen LogP contribution in [0.4, 0.5) is 4.79 Å². The molecule has 0 bridgehead atoms. The summed E-state index contributed by atoms with van der Waals surface area (Å²) < 4.78 is 22.8. The van der Waals surface area contributed by atoms with Gasteiger partial charge in [-0.1, -0.05) is 54.6 Å². The van der Waals surface area contributed by atoms with E-state index in [1.54, 1.807) is 31.3 Å². The quantitative estimate of drug-likeness (QED) is 0.0419. The van der Waals surface area contributed by atoms with Crippen molar-refractivity contribution in [1.82, 2.24) is 16.1 Å². The van der Waals surface area contributed by atoms with Gasteiger partial charge in [0.25, 0.3) is 0 Å². The van der Waals surface area contributed by atoms with Gasteiger partial charge in [0.1, 0.15) is 19.0 Å². The first kappa shape index (κ1) is 34.5. The van der Waals surface area contributed by atoms with Crippen LogP contribution >= 0.6 is 0 Å². The summed E-state index contributed by atoms with van der Waals surface area (Å²) in [5.74, 6) is 0.936. The zero-order valence-corrected chi connectivity index (χ0v) is 27.7. The molecule has 4 aromatic rings. The van der Waals surface area contributed by atoms with Crippen molar-refractivity contribution < 1.29 is 33.6 Å². The number of hydrogen-bond donors (Lipinski definition) is 4. The number of allylic oxidation sites excluding steroid dienone is 2. The maximum Gasteiger partial charge on any atom is 0.337 e. The van der Waals surface area contributed by atoms with Crippen LogP contribution in [-0.4, -0.2) is 49.9 Å². The number of carbonyl (C=O) groups is 2. The summed E-state index contributed by atoms with van der Waals surface area (Å²) in [5, 5.41) is 22.4. The molecule has 0 fully saturated rings. The normalized spacial score (nSPS) is 14.9. The van der Waals surface area contributed by atoms with E-state index < -0.39 is 24.3 Å². The van der Waals surface area contributed by atoms with E-state index in [2.05, 4.69) is 52.0 Å². The van der Waals surface area contributed by atoms with E-state index in [4.69, 9.17) is 18.9 Å². The molecule has 11 nitrogen and oxygen atoms in total. The average molecular weight is 665 g/mol. The number of urea groups is 1. The third kappa shape index (κ3) is 8.57. The number of benzene rings is 4. The van der Waals surface area contributed by atoms with Gasteiger partial charge in [0.15, 0.2) is 17.7 Å². The molecule has 11 heteroatoms. The van der Waals surface area contributed by atoms with Crippen molar-refractivity contribution >= 4 is 29.0 Å². The number of aliphatic hydroxyl groups excluding tert-OH is 1. The fraction of sp³-hybridized carbons (Fsp3) is 0.237. The number of hydrogen-bond acceptors (Lipinski definition) is 9. The van der Waals surface area contributed by atoms with Gasteiger partial charge in [-0.3, -0.25) is 5.43 Å². The monoisotopic (exact) mass is 664 g/mol. The van der Waals surface area contributed by atoms with E-state index in [0.717, 1.165) is 27.8 Å². The van der Waals surface area contributed by atoms with Crippen LogP contribution in [0, 0.1) is 0 Å². The van der Waals surface area contributed by atoms with E-state index in [-0.39, 0.29) is 12.2 Å². The molecule has 2 atom stereocenters. The fourth-order valence-corrected chi connectivity index (χ4v) is 5.53.